The van der Waals surface area contributed by atoms with Crippen molar-refractivity contribution in [2.24, 2.45) is 4.99 Å². The number of benzene rings is 2. The Morgan fingerprint density at radius 2 is 1.73 bits per heavy atom. The molecule has 14 heteroatoms. The van der Waals surface area contributed by atoms with Crippen LogP contribution in [0.3, 0.4) is 0 Å². The zero-order chi connectivity index (χ0) is 28.9. The van der Waals surface area contributed by atoms with E-state index in [9.17, 15) is 18.0 Å². The van der Waals surface area contributed by atoms with Crippen LogP contribution in [0.1, 0.15) is 11.9 Å². The summed E-state index contributed by atoms with van der Waals surface area (Å²) < 4.78 is 68.7. The van der Waals surface area contributed by atoms with E-state index in [0.717, 1.165) is 0 Å². The van der Waals surface area contributed by atoms with Crippen LogP contribution in [0, 0.1) is 0 Å². The number of nitrogens with zero attached hydrogens (tertiary/aromatic N) is 1. The Kier molecular flexibility index (Phi) is 9.99. The lowest BCUT2D eigenvalue weighted by molar-refractivity contribution is -0.340. The lowest BCUT2D eigenvalue weighted by Gasteiger charge is -2.49. The first kappa shape index (κ1) is 30.6. The van der Waals surface area contributed by atoms with Crippen LogP contribution < -0.4 is 5.32 Å². The maximum atomic E-state index is 14.1. The second-order valence-corrected chi connectivity index (χ2v) is 11.0. The molecule has 2 heterocycles. The summed E-state index contributed by atoms with van der Waals surface area (Å²) in [5.74, 6) is -2.77. The van der Waals surface area contributed by atoms with E-state index in [-0.39, 0.29) is 18.9 Å². The average Bonchev–Trinajstić information content (AvgIpc) is 2.92. The zero-order valence-corrected chi connectivity index (χ0v) is 22.9. The molecule has 0 saturated carbocycles. The first-order valence-electron chi connectivity index (χ1n) is 11.9. The lowest BCUT2D eigenvalue weighted by Crippen LogP contribution is -2.68. The molecule has 0 bridgehead atoms. The third kappa shape index (κ3) is 7.67. The molecule has 0 aromatic heterocycles. The number of aliphatic imine (C=N–C) groups is 1. The third-order valence-corrected chi connectivity index (χ3v) is 6.34. The van der Waals surface area contributed by atoms with Gasteiger partial charge in [0.05, 0.1) is 18.9 Å². The molecule has 2 aliphatic heterocycles. The molecular formula is C26H24Cl3F3N2O6. The summed E-state index contributed by atoms with van der Waals surface area (Å²) >= 11 is 17.3. The Bertz CT molecular complexity index is 1180. The van der Waals surface area contributed by atoms with E-state index in [1.165, 1.54) is 30.3 Å². The number of halogens is 6. The summed E-state index contributed by atoms with van der Waals surface area (Å²) in [6.45, 7) is 3.45. The van der Waals surface area contributed by atoms with Crippen LogP contribution in [0.2, 0.25) is 0 Å². The quantitative estimate of drug-likeness (QED) is 0.188. The predicted molar refractivity (Wildman–Crippen MR) is 142 cm³/mol. The zero-order valence-electron chi connectivity index (χ0n) is 20.6. The van der Waals surface area contributed by atoms with E-state index in [2.05, 4.69) is 16.9 Å². The van der Waals surface area contributed by atoms with Gasteiger partial charge in [0.2, 0.25) is 6.29 Å². The average molecular weight is 624 g/mol. The highest BCUT2D eigenvalue weighted by molar-refractivity contribution is 6.76. The number of nitrogens with one attached hydrogen (secondary N) is 1. The molecule has 2 saturated heterocycles. The topological polar surface area (TPSA) is 87.6 Å². The largest absolute Gasteiger partial charge is 0.468 e. The molecular weight excluding hydrogens is 600 g/mol. The van der Waals surface area contributed by atoms with Crippen LogP contribution in [0.25, 0.3) is 0 Å². The molecule has 0 spiro atoms. The maximum Gasteiger partial charge on any atom is 0.468 e. The van der Waals surface area contributed by atoms with Gasteiger partial charge in [0.1, 0.15) is 24.4 Å². The molecule has 216 valence electrons. The van der Waals surface area contributed by atoms with E-state index in [1.54, 1.807) is 30.3 Å². The van der Waals surface area contributed by atoms with Crippen molar-refractivity contribution in [2.75, 3.05) is 13.2 Å². The number of amides is 1. The van der Waals surface area contributed by atoms with Crippen LogP contribution in [-0.4, -0.2) is 65.6 Å². The number of alkyl halides is 6. The number of para-hydroxylation sites is 1. The van der Waals surface area contributed by atoms with Crippen LogP contribution in [0.4, 0.5) is 18.9 Å². The van der Waals surface area contributed by atoms with Gasteiger partial charge in [0.15, 0.2) is 6.29 Å². The number of hydrogen-bond donors (Lipinski definition) is 1. The lowest BCUT2D eigenvalue weighted by atomic mass is 9.95. The molecule has 1 amide bonds. The number of carbonyl (C=O) groups excluding carboxylic acids is 1. The molecule has 6 atom stereocenters. The van der Waals surface area contributed by atoms with Crippen LogP contribution >= 0.6 is 34.8 Å². The van der Waals surface area contributed by atoms with E-state index in [4.69, 9.17) is 58.5 Å². The molecule has 4 rings (SSSR count). The molecule has 2 aromatic carbocycles. The van der Waals surface area contributed by atoms with Gasteiger partial charge in [-0.1, -0.05) is 89.4 Å². The molecule has 40 heavy (non-hydrogen) atoms. The molecule has 2 fully saturated rings. The van der Waals surface area contributed by atoms with Gasteiger partial charge < -0.3 is 29.0 Å². The molecule has 2 aromatic rings. The van der Waals surface area contributed by atoms with Gasteiger partial charge in [0.25, 0.3) is 15.6 Å². The minimum Gasteiger partial charge on any atom is -0.442 e. The Hall–Kier alpha value is -2.38. The van der Waals surface area contributed by atoms with Gasteiger partial charge in [-0.2, -0.15) is 13.2 Å². The van der Waals surface area contributed by atoms with E-state index in [0.29, 0.717) is 5.56 Å². The summed E-state index contributed by atoms with van der Waals surface area (Å²) in [5, 5.41) is 2.39. The van der Waals surface area contributed by atoms with Crippen molar-refractivity contribution in [3.8, 4) is 0 Å². The number of hydrogen-bond acceptors (Lipinski definition) is 7. The maximum absolute atomic E-state index is 14.1. The number of rotatable bonds is 7. The summed E-state index contributed by atoms with van der Waals surface area (Å²) in [7, 11) is 0. The standard InChI is InChI=1S/C26H24Cl3F3N2O6/c1-2-13-36-20-18(34-23(35)25(27,28)29)22(40-24(26(30,31)32)33-16-11-7-4-8-12-16)38-17-14-37-21(39-19(17)20)15-9-5-3-6-10-15/h2-12,17-22H,1,13-14H2,(H,34,35)/t17-,18-,19+,20-,21+,22+/m1/s1. The summed E-state index contributed by atoms with van der Waals surface area (Å²) in [6.07, 6.45) is -9.34. The normalized spacial score (nSPS) is 27.4. The third-order valence-electron chi connectivity index (χ3n) is 5.83. The smallest absolute Gasteiger partial charge is 0.442 e. The second kappa shape index (κ2) is 13.1. The minimum atomic E-state index is -5.03. The van der Waals surface area contributed by atoms with Crippen molar-refractivity contribution >= 4 is 52.3 Å². The molecule has 8 nitrogen and oxygen atoms in total. The van der Waals surface area contributed by atoms with Gasteiger partial charge in [-0.3, -0.25) is 4.79 Å². The van der Waals surface area contributed by atoms with Gasteiger partial charge in [-0.25, -0.2) is 4.99 Å². The fourth-order valence-corrected chi connectivity index (χ4v) is 4.27. The molecule has 2 aliphatic rings. The fraction of sp³-hybridized carbons (Fsp3) is 0.385. The molecule has 1 N–H and O–H groups in total. The SMILES string of the molecule is C=CCO[C@@H]1[C@@H](NC(=O)C(Cl)(Cl)Cl)[C@H](OC(=Nc2ccccc2)C(F)(F)F)O[C@@H]2CO[C@H](c3ccccc3)O[C@H]12. The Labute approximate surface area is 242 Å². The van der Waals surface area contributed by atoms with Gasteiger partial charge in [-0.05, 0) is 12.1 Å². The van der Waals surface area contributed by atoms with Gasteiger partial charge >= 0.3 is 6.18 Å². The second-order valence-electron chi connectivity index (χ2n) is 8.67. The molecule has 0 aliphatic carbocycles. The highest BCUT2D eigenvalue weighted by Crippen LogP contribution is 2.37. The van der Waals surface area contributed by atoms with Crippen LogP contribution in [0.15, 0.2) is 78.3 Å². The van der Waals surface area contributed by atoms with Crippen molar-refractivity contribution in [1.82, 2.24) is 5.32 Å². The predicted octanol–water partition coefficient (Wildman–Crippen LogP) is 5.56. The van der Waals surface area contributed by atoms with Gasteiger partial charge in [-0.15, -0.1) is 6.58 Å². The number of fused-ring (bicyclic) bond motifs is 1. The van der Waals surface area contributed by atoms with E-state index < -0.39 is 58.7 Å². The first-order chi connectivity index (χ1) is 19.0. The van der Waals surface area contributed by atoms with Crippen molar-refractivity contribution in [3.63, 3.8) is 0 Å². The van der Waals surface area contributed by atoms with Crippen molar-refractivity contribution < 1.29 is 41.7 Å². The summed E-state index contributed by atoms with van der Waals surface area (Å²) in [6, 6.07) is 14.8. The van der Waals surface area contributed by atoms with Gasteiger partial charge in [0, 0.05) is 5.56 Å². The first-order valence-corrected chi connectivity index (χ1v) is 13.1. The fourth-order valence-electron chi connectivity index (χ4n) is 4.10. The van der Waals surface area contributed by atoms with E-state index >= 15 is 0 Å². The highest BCUT2D eigenvalue weighted by Gasteiger charge is 2.54. The highest BCUT2D eigenvalue weighted by atomic mass is 35.6. The molecule has 0 radical (unpaired) electrons. The van der Waals surface area contributed by atoms with E-state index in [1.807, 2.05) is 6.07 Å². The Morgan fingerprint density at radius 3 is 2.33 bits per heavy atom. The number of ether oxygens (including phenoxy) is 5. The molecule has 0 unspecified atom stereocenters. The summed E-state index contributed by atoms with van der Waals surface area (Å²) in [5.41, 5.74) is 0.651. The minimum absolute atomic E-state index is 0.0279. The monoisotopic (exact) mass is 622 g/mol. The Morgan fingerprint density at radius 1 is 1.07 bits per heavy atom. The Balaban J connectivity index is 1.70. The summed E-state index contributed by atoms with van der Waals surface area (Å²) in [4.78, 5) is 16.3. The van der Waals surface area contributed by atoms with Crippen molar-refractivity contribution in [2.45, 2.75) is 46.9 Å². The van der Waals surface area contributed by atoms with Crippen molar-refractivity contribution in [3.05, 3.63) is 78.9 Å². The number of carbonyl (C=O) groups is 1. The van der Waals surface area contributed by atoms with Crippen LogP contribution in [0.5, 0.6) is 0 Å². The van der Waals surface area contributed by atoms with Crippen molar-refractivity contribution in [1.29, 1.82) is 0 Å². The van der Waals surface area contributed by atoms with Crippen LogP contribution in [-0.2, 0) is 28.5 Å².